The Labute approximate surface area is 116 Å². The molecule has 0 aliphatic heterocycles. The first-order valence-corrected chi connectivity index (χ1v) is 6.10. The van der Waals surface area contributed by atoms with Crippen LogP contribution in [0.1, 0.15) is 18.4 Å². The molecule has 0 saturated carbocycles. The highest BCUT2D eigenvalue weighted by Gasteiger charge is 2.26. The number of nitrogens with zero attached hydrogens (tertiary/aromatic N) is 1. The van der Waals surface area contributed by atoms with Crippen LogP contribution in [0.25, 0.3) is 0 Å². The van der Waals surface area contributed by atoms with E-state index in [2.05, 4.69) is 21.1 Å². The molecule has 0 unspecified atom stereocenters. The molecule has 19 heavy (non-hydrogen) atoms. The summed E-state index contributed by atoms with van der Waals surface area (Å²) in [4.78, 5) is 0. The minimum absolute atomic E-state index is 0.0329. The molecule has 0 amide bonds. The Balaban J connectivity index is 2.55. The van der Waals surface area contributed by atoms with E-state index in [1.807, 2.05) is 0 Å². The first-order chi connectivity index (χ1) is 8.83. The molecule has 0 heterocycles. The molecule has 1 rings (SSSR count). The van der Waals surface area contributed by atoms with E-state index in [0.29, 0.717) is 15.8 Å². The fraction of sp³-hybridized carbons (Fsp3) is 0.364. The summed E-state index contributed by atoms with van der Waals surface area (Å²) >= 11 is 3.20. The molecule has 0 radical (unpaired) electrons. The minimum atomic E-state index is -4.17. The normalized spacial score (nSPS) is 12.5. The zero-order valence-electron chi connectivity index (χ0n) is 9.75. The van der Waals surface area contributed by atoms with Crippen LogP contribution >= 0.6 is 15.9 Å². The van der Waals surface area contributed by atoms with Gasteiger partial charge in [-0.15, -0.1) is 0 Å². The largest absolute Gasteiger partial charge is 0.494 e. The smallest absolute Gasteiger partial charge is 0.389 e. The van der Waals surface area contributed by atoms with Crippen LogP contribution in [0.5, 0.6) is 5.75 Å². The van der Waals surface area contributed by atoms with Crippen LogP contribution in [0.15, 0.2) is 27.8 Å². The number of oxime groups is 1. The molecular weight excluding hydrogens is 329 g/mol. The van der Waals surface area contributed by atoms with E-state index < -0.39 is 12.6 Å². The third kappa shape index (κ3) is 5.37. The van der Waals surface area contributed by atoms with Gasteiger partial charge in [0.1, 0.15) is 5.75 Å². The van der Waals surface area contributed by atoms with Crippen LogP contribution in [0.2, 0.25) is 0 Å². The van der Waals surface area contributed by atoms with E-state index in [4.69, 9.17) is 15.7 Å². The van der Waals surface area contributed by atoms with Crippen molar-refractivity contribution in [1.29, 1.82) is 0 Å². The zero-order valence-corrected chi connectivity index (χ0v) is 11.3. The van der Waals surface area contributed by atoms with E-state index in [1.165, 1.54) is 12.1 Å². The van der Waals surface area contributed by atoms with Crippen molar-refractivity contribution < 1.29 is 23.1 Å². The summed E-state index contributed by atoms with van der Waals surface area (Å²) in [6, 6.07) is 4.62. The number of hydrogen-bond acceptors (Lipinski definition) is 3. The van der Waals surface area contributed by atoms with Gasteiger partial charge in [0.15, 0.2) is 5.84 Å². The average molecular weight is 341 g/mol. The minimum Gasteiger partial charge on any atom is -0.494 e. The Hall–Kier alpha value is -1.44. The summed E-state index contributed by atoms with van der Waals surface area (Å²) in [5.74, 6) is 0.332. The van der Waals surface area contributed by atoms with Gasteiger partial charge in [-0.25, -0.2) is 0 Å². The lowest BCUT2D eigenvalue weighted by atomic mass is 10.2. The van der Waals surface area contributed by atoms with Gasteiger partial charge in [0.05, 0.1) is 6.61 Å². The van der Waals surface area contributed by atoms with Crippen LogP contribution in [0.4, 0.5) is 13.2 Å². The van der Waals surface area contributed by atoms with Crippen molar-refractivity contribution in [3.8, 4) is 5.75 Å². The SMILES string of the molecule is N/C(=N/O)c1ccc(OCCCC(F)(F)F)cc1Br. The van der Waals surface area contributed by atoms with Crippen molar-refractivity contribution in [2.45, 2.75) is 19.0 Å². The van der Waals surface area contributed by atoms with Gasteiger partial charge in [0.25, 0.3) is 0 Å². The van der Waals surface area contributed by atoms with Crippen molar-refractivity contribution in [2.24, 2.45) is 10.9 Å². The number of hydrogen-bond donors (Lipinski definition) is 2. The van der Waals surface area contributed by atoms with E-state index in [9.17, 15) is 13.2 Å². The van der Waals surface area contributed by atoms with Crippen molar-refractivity contribution in [1.82, 2.24) is 0 Å². The average Bonchev–Trinajstić information content (AvgIpc) is 2.33. The molecule has 106 valence electrons. The van der Waals surface area contributed by atoms with Gasteiger partial charge in [0.2, 0.25) is 0 Å². The molecule has 0 atom stereocenters. The predicted molar refractivity (Wildman–Crippen MR) is 67.4 cm³/mol. The predicted octanol–water partition coefficient (Wildman–Crippen LogP) is 3.26. The third-order valence-corrected chi connectivity index (χ3v) is 2.85. The second-order valence-corrected chi connectivity index (χ2v) is 4.55. The van der Waals surface area contributed by atoms with Crippen LogP contribution in [0.3, 0.4) is 0 Å². The third-order valence-electron chi connectivity index (χ3n) is 2.20. The molecular formula is C11H12BrF3N2O2. The molecule has 0 aliphatic rings. The van der Waals surface area contributed by atoms with Crippen molar-refractivity contribution in [2.75, 3.05) is 6.61 Å². The van der Waals surface area contributed by atoms with Crippen LogP contribution < -0.4 is 10.5 Å². The van der Waals surface area contributed by atoms with E-state index in [0.717, 1.165) is 0 Å². The molecule has 3 N–H and O–H groups in total. The Bertz CT molecular complexity index is 464. The van der Waals surface area contributed by atoms with Crippen LogP contribution in [-0.2, 0) is 0 Å². The number of benzene rings is 1. The summed E-state index contributed by atoms with van der Waals surface area (Å²) in [6.45, 7) is -0.0329. The van der Waals surface area contributed by atoms with Crippen molar-refractivity contribution in [3.05, 3.63) is 28.2 Å². The monoisotopic (exact) mass is 340 g/mol. The lowest BCUT2D eigenvalue weighted by Gasteiger charge is -2.09. The van der Waals surface area contributed by atoms with Crippen LogP contribution in [-0.4, -0.2) is 23.8 Å². The first kappa shape index (κ1) is 15.6. The number of rotatable bonds is 5. The summed E-state index contributed by atoms with van der Waals surface area (Å²) in [6.07, 6.45) is -5.15. The number of halogens is 4. The maximum atomic E-state index is 11.9. The van der Waals surface area contributed by atoms with Crippen molar-refractivity contribution >= 4 is 21.8 Å². The van der Waals surface area contributed by atoms with Gasteiger partial charge in [-0.2, -0.15) is 13.2 Å². The van der Waals surface area contributed by atoms with Gasteiger partial charge in [-0.3, -0.25) is 0 Å². The Morgan fingerprint density at radius 3 is 2.63 bits per heavy atom. The highest BCUT2D eigenvalue weighted by Crippen LogP contribution is 2.24. The number of ether oxygens (including phenoxy) is 1. The lowest BCUT2D eigenvalue weighted by molar-refractivity contribution is -0.136. The lowest BCUT2D eigenvalue weighted by Crippen LogP contribution is -2.14. The Morgan fingerprint density at radius 2 is 2.11 bits per heavy atom. The molecule has 4 nitrogen and oxygen atoms in total. The summed E-state index contributed by atoms with van der Waals surface area (Å²) in [5, 5.41) is 11.4. The topological polar surface area (TPSA) is 67.8 Å². The molecule has 0 bridgehead atoms. The number of amidine groups is 1. The van der Waals surface area contributed by atoms with Crippen molar-refractivity contribution in [3.63, 3.8) is 0 Å². The summed E-state index contributed by atoms with van der Waals surface area (Å²) in [5.41, 5.74) is 5.88. The molecule has 1 aromatic carbocycles. The van der Waals surface area contributed by atoms with Gasteiger partial charge >= 0.3 is 6.18 Å². The molecule has 1 aromatic rings. The maximum Gasteiger partial charge on any atom is 0.389 e. The quantitative estimate of drug-likeness (QED) is 0.284. The highest BCUT2D eigenvalue weighted by molar-refractivity contribution is 9.10. The van der Waals surface area contributed by atoms with Gasteiger partial charge in [-0.05, 0) is 40.5 Å². The number of alkyl halides is 3. The summed E-state index contributed by atoms with van der Waals surface area (Å²) in [7, 11) is 0. The molecule has 0 saturated heterocycles. The van der Waals surface area contributed by atoms with E-state index >= 15 is 0 Å². The number of nitrogens with two attached hydrogens (primary N) is 1. The maximum absolute atomic E-state index is 11.9. The second kappa shape index (κ2) is 6.65. The summed E-state index contributed by atoms with van der Waals surface area (Å²) < 4.78 is 41.4. The molecule has 0 aliphatic carbocycles. The van der Waals surface area contributed by atoms with E-state index in [1.54, 1.807) is 6.07 Å². The molecule has 0 fully saturated rings. The molecule has 0 spiro atoms. The molecule has 0 aromatic heterocycles. The Morgan fingerprint density at radius 1 is 1.42 bits per heavy atom. The van der Waals surface area contributed by atoms with Gasteiger partial charge < -0.3 is 15.7 Å². The first-order valence-electron chi connectivity index (χ1n) is 5.30. The molecule has 8 heteroatoms. The van der Waals surface area contributed by atoms with Gasteiger partial charge in [-0.1, -0.05) is 5.16 Å². The standard InChI is InChI=1S/C11H12BrF3N2O2/c12-9-6-7(2-3-8(9)10(16)17-18)19-5-1-4-11(13,14)15/h2-3,6,18H,1,4-5H2,(H2,16,17). The van der Waals surface area contributed by atoms with Crippen LogP contribution in [0, 0.1) is 0 Å². The van der Waals surface area contributed by atoms with Gasteiger partial charge in [0, 0.05) is 16.5 Å². The van der Waals surface area contributed by atoms with E-state index in [-0.39, 0.29) is 18.9 Å². The second-order valence-electron chi connectivity index (χ2n) is 3.69. The fourth-order valence-electron chi connectivity index (χ4n) is 1.31. The zero-order chi connectivity index (χ0) is 14.5. The fourth-order valence-corrected chi connectivity index (χ4v) is 1.87. The highest BCUT2D eigenvalue weighted by atomic mass is 79.9. The Kier molecular flexibility index (Phi) is 5.46.